The normalized spacial score (nSPS) is 19.5. The molecule has 0 aromatic heterocycles. The van der Waals surface area contributed by atoms with Crippen molar-refractivity contribution in [2.45, 2.75) is 46.1 Å². The van der Waals surface area contributed by atoms with Gasteiger partial charge in [0.15, 0.2) is 16.4 Å². The van der Waals surface area contributed by atoms with E-state index < -0.39 is 9.84 Å². The Bertz CT molecular complexity index is 697. The summed E-state index contributed by atoms with van der Waals surface area (Å²) in [4.78, 5) is 14.2. The number of carbonyl (C=O) groups excluding carboxylic acids is 1. The number of hydrogen-bond donors (Lipinski definition) is 0. The fourth-order valence-electron chi connectivity index (χ4n) is 3.13. The van der Waals surface area contributed by atoms with Crippen molar-refractivity contribution in [3.8, 4) is 5.75 Å². The van der Waals surface area contributed by atoms with Gasteiger partial charge in [0.05, 0.1) is 11.5 Å². The van der Waals surface area contributed by atoms with E-state index in [1.165, 1.54) is 0 Å². The second-order valence-corrected chi connectivity index (χ2v) is 8.95. The summed E-state index contributed by atoms with van der Waals surface area (Å²) < 4.78 is 29.1. The van der Waals surface area contributed by atoms with E-state index in [9.17, 15) is 13.2 Å². The first-order valence-electron chi connectivity index (χ1n) is 8.46. The van der Waals surface area contributed by atoms with Crippen LogP contribution in [0.1, 0.15) is 44.2 Å². The minimum atomic E-state index is -3.01. The second kappa shape index (κ2) is 7.55. The van der Waals surface area contributed by atoms with Crippen molar-refractivity contribution in [3.05, 3.63) is 29.3 Å². The number of rotatable bonds is 6. The molecule has 1 atom stereocenters. The molecule has 0 N–H and O–H groups in total. The first-order valence-corrected chi connectivity index (χ1v) is 10.3. The van der Waals surface area contributed by atoms with E-state index in [0.29, 0.717) is 18.9 Å². The third-order valence-corrected chi connectivity index (χ3v) is 6.20. The smallest absolute Gasteiger partial charge is 0.260 e. The Morgan fingerprint density at radius 1 is 1.38 bits per heavy atom. The highest BCUT2D eigenvalue weighted by Crippen LogP contribution is 2.27. The molecule has 1 aromatic rings. The Hall–Kier alpha value is -1.56. The average Bonchev–Trinajstić information content (AvgIpc) is 2.85. The Morgan fingerprint density at radius 3 is 2.62 bits per heavy atom. The molecular weight excluding hydrogens is 326 g/mol. The number of ether oxygens (including phenoxy) is 1. The molecule has 2 rings (SSSR count). The maximum absolute atomic E-state index is 12.5. The maximum Gasteiger partial charge on any atom is 0.260 e. The Kier molecular flexibility index (Phi) is 5.91. The predicted octanol–water partition coefficient (Wildman–Crippen LogP) is 2.53. The predicted molar refractivity (Wildman–Crippen MR) is 95.2 cm³/mol. The second-order valence-electron chi connectivity index (χ2n) is 6.72. The van der Waals surface area contributed by atoms with Crippen molar-refractivity contribution in [1.82, 2.24) is 4.90 Å². The molecule has 1 unspecified atom stereocenters. The molecule has 1 aliphatic rings. The van der Waals surface area contributed by atoms with Crippen molar-refractivity contribution >= 4 is 15.7 Å². The van der Waals surface area contributed by atoms with E-state index in [4.69, 9.17) is 4.74 Å². The number of sulfone groups is 1. The lowest BCUT2D eigenvalue weighted by Crippen LogP contribution is -2.43. The lowest BCUT2D eigenvalue weighted by Gasteiger charge is -2.27. The molecule has 6 heteroatoms. The number of benzene rings is 1. The number of carbonyl (C=O) groups is 1. The summed E-state index contributed by atoms with van der Waals surface area (Å²) in [5.74, 6) is 1.11. The first kappa shape index (κ1) is 18.8. The van der Waals surface area contributed by atoms with Crippen LogP contribution in [-0.4, -0.2) is 49.9 Å². The summed E-state index contributed by atoms with van der Waals surface area (Å²) in [6.07, 6.45) is 0.517. The molecule has 5 nitrogen and oxygen atoms in total. The quantitative estimate of drug-likeness (QED) is 0.788. The Balaban J connectivity index is 2.05. The molecule has 0 radical (unpaired) electrons. The van der Waals surface area contributed by atoms with Crippen LogP contribution in [-0.2, 0) is 14.6 Å². The van der Waals surface area contributed by atoms with Crippen LogP contribution in [0.4, 0.5) is 0 Å². The summed E-state index contributed by atoms with van der Waals surface area (Å²) in [7, 11) is -3.01. The maximum atomic E-state index is 12.5. The zero-order valence-electron chi connectivity index (χ0n) is 14.9. The summed E-state index contributed by atoms with van der Waals surface area (Å²) in [5.41, 5.74) is 2.15. The standard InChI is InChI=1S/C18H27NO4S/c1-5-19(15-8-9-24(21,22)12-15)18(20)11-23-17-10-14(4)6-7-16(17)13(2)3/h6-7,10,13,15H,5,8-9,11-12H2,1-4H3. The van der Waals surface area contributed by atoms with Crippen molar-refractivity contribution in [2.24, 2.45) is 0 Å². The van der Waals surface area contributed by atoms with Gasteiger partial charge in [-0.2, -0.15) is 0 Å². The van der Waals surface area contributed by atoms with E-state index >= 15 is 0 Å². The van der Waals surface area contributed by atoms with Gasteiger partial charge in [-0.15, -0.1) is 0 Å². The molecule has 0 saturated carbocycles. The van der Waals surface area contributed by atoms with Crippen molar-refractivity contribution in [3.63, 3.8) is 0 Å². The molecule has 134 valence electrons. The molecule has 1 aromatic carbocycles. The van der Waals surface area contributed by atoms with Gasteiger partial charge in [0.1, 0.15) is 5.75 Å². The first-order chi connectivity index (χ1) is 11.2. The van der Waals surface area contributed by atoms with Crippen molar-refractivity contribution < 1.29 is 17.9 Å². The van der Waals surface area contributed by atoms with Crippen LogP contribution in [0.2, 0.25) is 0 Å². The number of nitrogens with zero attached hydrogens (tertiary/aromatic N) is 1. The summed E-state index contributed by atoms with van der Waals surface area (Å²) >= 11 is 0. The molecule has 0 aliphatic carbocycles. The highest BCUT2D eigenvalue weighted by molar-refractivity contribution is 7.91. The van der Waals surface area contributed by atoms with Crippen LogP contribution in [0.15, 0.2) is 18.2 Å². The average molecular weight is 353 g/mol. The van der Waals surface area contributed by atoms with Crippen LogP contribution < -0.4 is 4.74 Å². The molecule has 0 bridgehead atoms. The lowest BCUT2D eigenvalue weighted by molar-refractivity contribution is -0.135. The number of aryl methyl sites for hydroxylation is 1. The van der Waals surface area contributed by atoms with Crippen LogP contribution in [0.3, 0.4) is 0 Å². The van der Waals surface area contributed by atoms with Gasteiger partial charge in [0, 0.05) is 12.6 Å². The zero-order chi connectivity index (χ0) is 17.9. The van der Waals surface area contributed by atoms with E-state index in [-0.39, 0.29) is 30.1 Å². The molecule has 0 spiro atoms. The largest absolute Gasteiger partial charge is 0.483 e. The van der Waals surface area contributed by atoms with Crippen molar-refractivity contribution in [1.29, 1.82) is 0 Å². The van der Waals surface area contributed by atoms with Crippen LogP contribution >= 0.6 is 0 Å². The lowest BCUT2D eigenvalue weighted by atomic mass is 10.0. The molecule has 1 saturated heterocycles. The monoisotopic (exact) mass is 353 g/mol. The SMILES string of the molecule is CCN(C(=O)COc1cc(C)ccc1C(C)C)C1CCS(=O)(=O)C1. The molecule has 1 fully saturated rings. The molecule has 1 heterocycles. The minimum absolute atomic E-state index is 0.0619. The number of amides is 1. The van der Waals surface area contributed by atoms with Gasteiger partial charge in [0.25, 0.3) is 5.91 Å². The molecule has 24 heavy (non-hydrogen) atoms. The van der Waals surface area contributed by atoms with Crippen LogP contribution in [0, 0.1) is 6.92 Å². The molecule has 1 aliphatic heterocycles. The zero-order valence-corrected chi connectivity index (χ0v) is 15.7. The highest BCUT2D eigenvalue weighted by Gasteiger charge is 2.34. The van der Waals surface area contributed by atoms with Crippen molar-refractivity contribution in [2.75, 3.05) is 24.7 Å². The summed E-state index contributed by atoms with van der Waals surface area (Å²) in [6.45, 7) is 8.46. The highest BCUT2D eigenvalue weighted by atomic mass is 32.2. The van der Waals surface area contributed by atoms with E-state index in [0.717, 1.165) is 16.9 Å². The fourth-order valence-corrected chi connectivity index (χ4v) is 4.86. The number of hydrogen-bond acceptors (Lipinski definition) is 4. The molecule has 1 amide bonds. The summed E-state index contributed by atoms with van der Waals surface area (Å²) in [6, 6.07) is 5.78. The fraction of sp³-hybridized carbons (Fsp3) is 0.611. The molecular formula is C18H27NO4S. The van der Waals surface area contributed by atoms with Gasteiger partial charge in [-0.05, 0) is 43.4 Å². The van der Waals surface area contributed by atoms with Gasteiger partial charge < -0.3 is 9.64 Å². The van der Waals surface area contributed by atoms with Crippen LogP contribution in [0.5, 0.6) is 5.75 Å². The van der Waals surface area contributed by atoms with E-state index in [2.05, 4.69) is 13.8 Å². The third kappa shape index (κ3) is 4.50. The Labute approximate surface area is 144 Å². The van der Waals surface area contributed by atoms with Gasteiger partial charge in [-0.1, -0.05) is 26.0 Å². The van der Waals surface area contributed by atoms with Gasteiger partial charge in [0.2, 0.25) is 0 Å². The van der Waals surface area contributed by atoms with Gasteiger partial charge >= 0.3 is 0 Å². The van der Waals surface area contributed by atoms with E-state index in [1.807, 2.05) is 32.0 Å². The van der Waals surface area contributed by atoms with Crippen LogP contribution in [0.25, 0.3) is 0 Å². The minimum Gasteiger partial charge on any atom is -0.483 e. The number of likely N-dealkylation sites (N-methyl/N-ethyl adjacent to an activating group) is 1. The Morgan fingerprint density at radius 2 is 2.08 bits per heavy atom. The van der Waals surface area contributed by atoms with Gasteiger partial charge in [-0.25, -0.2) is 8.42 Å². The van der Waals surface area contributed by atoms with E-state index in [1.54, 1.807) is 4.90 Å². The summed E-state index contributed by atoms with van der Waals surface area (Å²) in [5, 5.41) is 0. The third-order valence-electron chi connectivity index (χ3n) is 4.45. The topological polar surface area (TPSA) is 63.7 Å². The van der Waals surface area contributed by atoms with Gasteiger partial charge in [-0.3, -0.25) is 4.79 Å².